The lowest BCUT2D eigenvalue weighted by atomic mass is 10.3. The quantitative estimate of drug-likeness (QED) is 0.387. The first kappa shape index (κ1) is 20.6. The van der Waals surface area contributed by atoms with Gasteiger partial charge in [-0.25, -0.2) is 4.98 Å². The standard InChI is InChI=1S/C15H26N6O2S.HI/c1-3-13-18-15(24-19-13)21-6-4-20(5-7-21)14(16-2)17-10-12-11-22-8-9-23-12;/h12H,3-11H2,1-2H3,(H,16,17);1H. The molecule has 8 nitrogen and oxygen atoms in total. The second-order valence-corrected chi connectivity index (χ2v) is 6.55. The van der Waals surface area contributed by atoms with E-state index in [2.05, 4.69) is 36.4 Å². The Bertz CT molecular complexity index is 544. The van der Waals surface area contributed by atoms with E-state index in [9.17, 15) is 0 Å². The Morgan fingerprint density at radius 1 is 1.32 bits per heavy atom. The molecule has 142 valence electrons. The minimum absolute atomic E-state index is 0. The van der Waals surface area contributed by atoms with Crippen LogP contribution >= 0.6 is 35.5 Å². The monoisotopic (exact) mass is 482 g/mol. The normalized spacial score (nSPS) is 21.8. The predicted molar refractivity (Wildman–Crippen MR) is 110 cm³/mol. The minimum atomic E-state index is 0. The van der Waals surface area contributed by atoms with Crippen LogP contribution in [0.25, 0.3) is 0 Å². The van der Waals surface area contributed by atoms with E-state index in [1.807, 2.05) is 7.05 Å². The maximum atomic E-state index is 5.66. The summed E-state index contributed by atoms with van der Waals surface area (Å²) in [5, 5.41) is 4.43. The minimum Gasteiger partial charge on any atom is -0.376 e. The number of piperazine rings is 1. The molecule has 2 aliphatic rings. The predicted octanol–water partition coefficient (Wildman–Crippen LogP) is 0.831. The number of nitrogens with one attached hydrogen (secondary N) is 1. The topological polar surface area (TPSA) is 75.1 Å². The van der Waals surface area contributed by atoms with Crippen molar-refractivity contribution in [2.24, 2.45) is 4.99 Å². The molecule has 10 heteroatoms. The fourth-order valence-corrected chi connectivity index (χ4v) is 3.62. The SMILES string of the molecule is CCc1nsc(N2CCN(C(=NC)NCC3COCCO3)CC2)n1.I. The molecule has 1 N–H and O–H groups in total. The number of hydrogen-bond donors (Lipinski definition) is 1. The number of aromatic nitrogens is 2. The molecule has 2 saturated heterocycles. The van der Waals surface area contributed by atoms with Crippen molar-refractivity contribution in [1.82, 2.24) is 19.6 Å². The summed E-state index contributed by atoms with van der Waals surface area (Å²) < 4.78 is 15.5. The Morgan fingerprint density at radius 3 is 2.72 bits per heavy atom. The smallest absolute Gasteiger partial charge is 0.205 e. The lowest BCUT2D eigenvalue weighted by Gasteiger charge is -2.36. The number of hydrogen-bond acceptors (Lipinski definition) is 7. The molecule has 1 unspecified atom stereocenters. The van der Waals surface area contributed by atoms with Crippen LogP contribution in [0.3, 0.4) is 0 Å². The molecule has 3 heterocycles. The number of halogens is 1. The molecule has 2 aliphatic heterocycles. The summed E-state index contributed by atoms with van der Waals surface area (Å²) in [7, 11) is 1.82. The van der Waals surface area contributed by atoms with E-state index < -0.39 is 0 Å². The molecule has 3 rings (SSSR count). The van der Waals surface area contributed by atoms with E-state index in [1.165, 1.54) is 11.5 Å². The first-order chi connectivity index (χ1) is 11.8. The van der Waals surface area contributed by atoms with Gasteiger partial charge in [0.15, 0.2) is 5.96 Å². The van der Waals surface area contributed by atoms with Gasteiger partial charge in [0.2, 0.25) is 5.13 Å². The van der Waals surface area contributed by atoms with E-state index in [4.69, 9.17) is 9.47 Å². The average molecular weight is 482 g/mol. The molecule has 2 fully saturated rings. The van der Waals surface area contributed by atoms with Crippen LogP contribution in [0.5, 0.6) is 0 Å². The van der Waals surface area contributed by atoms with Crippen molar-refractivity contribution in [2.75, 3.05) is 64.5 Å². The third-order valence-corrected chi connectivity index (χ3v) is 5.02. The van der Waals surface area contributed by atoms with E-state index in [-0.39, 0.29) is 30.1 Å². The number of ether oxygens (including phenoxy) is 2. The molecule has 1 atom stereocenters. The maximum absolute atomic E-state index is 5.66. The molecule has 25 heavy (non-hydrogen) atoms. The summed E-state index contributed by atoms with van der Waals surface area (Å²) in [5.74, 6) is 1.86. The Balaban J connectivity index is 0.00000225. The molecule has 0 bridgehead atoms. The molecule has 0 saturated carbocycles. The Morgan fingerprint density at radius 2 is 2.12 bits per heavy atom. The lowest BCUT2D eigenvalue weighted by molar-refractivity contribution is -0.0851. The summed E-state index contributed by atoms with van der Waals surface area (Å²) in [4.78, 5) is 13.6. The highest BCUT2D eigenvalue weighted by atomic mass is 127. The van der Waals surface area contributed by atoms with Crippen molar-refractivity contribution in [3.63, 3.8) is 0 Å². The summed E-state index contributed by atoms with van der Waals surface area (Å²) in [5.41, 5.74) is 0. The van der Waals surface area contributed by atoms with Crippen LogP contribution in [0.15, 0.2) is 4.99 Å². The molecule has 0 radical (unpaired) electrons. The van der Waals surface area contributed by atoms with Crippen LogP contribution < -0.4 is 10.2 Å². The second-order valence-electron chi connectivity index (χ2n) is 5.82. The van der Waals surface area contributed by atoms with E-state index >= 15 is 0 Å². The van der Waals surface area contributed by atoms with Crippen LogP contribution in [0.1, 0.15) is 12.7 Å². The summed E-state index contributed by atoms with van der Waals surface area (Å²) in [6, 6.07) is 0. The second kappa shape index (κ2) is 10.4. The largest absolute Gasteiger partial charge is 0.376 e. The average Bonchev–Trinajstić information content (AvgIpc) is 3.13. The molecule has 1 aromatic rings. The molecule has 0 spiro atoms. The molecule has 0 aromatic carbocycles. The number of guanidine groups is 1. The lowest BCUT2D eigenvalue weighted by Crippen LogP contribution is -2.54. The summed E-state index contributed by atoms with van der Waals surface area (Å²) in [6.45, 7) is 8.53. The van der Waals surface area contributed by atoms with Gasteiger partial charge in [0.1, 0.15) is 5.82 Å². The zero-order valence-corrected chi connectivity index (χ0v) is 18.0. The van der Waals surface area contributed by atoms with Gasteiger partial charge in [0.25, 0.3) is 0 Å². The molecule has 0 aliphatic carbocycles. The number of rotatable bonds is 4. The summed E-state index contributed by atoms with van der Waals surface area (Å²) in [6.07, 6.45) is 0.991. The van der Waals surface area contributed by atoms with E-state index in [1.54, 1.807) is 0 Å². The van der Waals surface area contributed by atoms with Crippen LogP contribution in [-0.4, -0.2) is 85.9 Å². The fraction of sp³-hybridized carbons (Fsp3) is 0.800. The highest BCUT2D eigenvalue weighted by molar-refractivity contribution is 14.0. The maximum Gasteiger partial charge on any atom is 0.205 e. The van der Waals surface area contributed by atoms with Crippen molar-refractivity contribution in [3.05, 3.63) is 5.82 Å². The van der Waals surface area contributed by atoms with Gasteiger partial charge in [-0.05, 0) is 0 Å². The Labute approximate surface area is 170 Å². The van der Waals surface area contributed by atoms with Crippen LogP contribution in [0, 0.1) is 0 Å². The zero-order chi connectivity index (χ0) is 16.8. The Hall–Kier alpha value is -0.720. The number of aliphatic imine (C=N–C) groups is 1. The van der Waals surface area contributed by atoms with Crippen LogP contribution in [0.4, 0.5) is 5.13 Å². The zero-order valence-electron chi connectivity index (χ0n) is 14.8. The number of anilines is 1. The van der Waals surface area contributed by atoms with E-state index in [0.29, 0.717) is 19.8 Å². The van der Waals surface area contributed by atoms with Gasteiger partial charge in [0.05, 0.1) is 25.9 Å². The van der Waals surface area contributed by atoms with E-state index in [0.717, 1.165) is 56.1 Å². The van der Waals surface area contributed by atoms with Crippen molar-refractivity contribution >= 4 is 46.6 Å². The Kier molecular flexibility index (Phi) is 8.59. The molecule has 0 amide bonds. The highest BCUT2D eigenvalue weighted by Gasteiger charge is 2.23. The molecule has 1 aromatic heterocycles. The first-order valence-corrected chi connectivity index (χ1v) is 9.30. The van der Waals surface area contributed by atoms with Gasteiger partial charge in [-0.1, -0.05) is 6.92 Å². The molecular formula is C15H27IN6O2S. The highest BCUT2D eigenvalue weighted by Crippen LogP contribution is 2.19. The van der Waals surface area contributed by atoms with Crippen LogP contribution in [0.2, 0.25) is 0 Å². The first-order valence-electron chi connectivity index (χ1n) is 8.52. The molecular weight excluding hydrogens is 455 g/mol. The van der Waals surface area contributed by atoms with Crippen LogP contribution in [-0.2, 0) is 15.9 Å². The van der Waals surface area contributed by atoms with Gasteiger partial charge in [-0.2, -0.15) is 4.37 Å². The number of aryl methyl sites for hydroxylation is 1. The van der Waals surface area contributed by atoms with Gasteiger partial charge in [0, 0.05) is 57.7 Å². The summed E-state index contributed by atoms with van der Waals surface area (Å²) >= 11 is 1.50. The van der Waals surface area contributed by atoms with Gasteiger partial charge >= 0.3 is 0 Å². The van der Waals surface area contributed by atoms with Gasteiger partial charge < -0.3 is 24.6 Å². The van der Waals surface area contributed by atoms with Gasteiger partial charge in [-0.15, -0.1) is 24.0 Å². The number of nitrogens with zero attached hydrogens (tertiary/aromatic N) is 5. The van der Waals surface area contributed by atoms with Crippen molar-refractivity contribution < 1.29 is 9.47 Å². The fourth-order valence-electron chi connectivity index (χ4n) is 2.82. The van der Waals surface area contributed by atoms with Crippen molar-refractivity contribution in [3.8, 4) is 0 Å². The van der Waals surface area contributed by atoms with Gasteiger partial charge in [-0.3, -0.25) is 4.99 Å². The van der Waals surface area contributed by atoms with Crippen molar-refractivity contribution in [2.45, 2.75) is 19.4 Å². The third kappa shape index (κ3) is 5.63. The third-order valence-electron chi connectivity index (χ3n) is 4.21. The van der Waals surface area contributed by atoms with Crippen molar-refractivity contribution in [1.29, 1.82) is 0 Å².